The van der Waals surface area contributed by atoms with E-state index in [-0.39, 0.29) is 0 Å². The standard InChI is InChI=1S/C15H13F2NO4S/c1-22-15(19)14(10-5-3-2-4-6-10)18-23(20,21)13-8-7-11(16)9-12(13)17/h2-9,14,18H,1H3. The minimum absolute atomic E-state index is 0.324. The molecule has 0 aliphatic rings. The van der Waals surface area contributed by atoms with Crippen molar-refractivity contribution in [2.75, 3.05) is 7.11 Å². The van der Waals surface area contributed by atoms with Crippen LogP contribution in [0.2, 0.25) is 0 Å². The molecule has 0 amide bonds. The van der Waals surface area contributed by atoms with Crippen LogP contribution >= 0.6 is 0 Å². The zero-order valence-corrected chi connectivity index (χ0v) is 12.8. The predicted octanol–water partition coefficient (Wildman–Crippen LogP) is 2.16. The van der Waals surface area contributed by atoms with Crippen LogP contribution in [-0.4, -0.2) is 21.5 Å². The van der Waals surface area contributed by atoms with Gasteiger partial charge in [-0.25, -0.2) is 22.0 Å². The van der Waals surface area contributed by atoms with Crippen LogP contribution in [0, 0.1) is 11.6 Å². The number of sulfonamides is 1. The highest BCUT2D eigenvalue weighted by molar-refractivity contribution is 7.89. The summed E-state index contributed by atoms with van der Waals surface area (Å²) in [5.74, 6) is -3.02. The van der Waals surface area contributed by atoms with Crippen molar-refractivity contribution in [3.63, 3.8) is 0 Å². The topological polar surface area (TPSA) is 72.5 Å². The predicted molar refractivity (Wildman–Crippen MR) is 77.9 cm³/mol. The van der Waals surface area contributed by atoms with Gasteiger partial charge in [-0.15, -0.1) is 0 Å². The Kier molecular flexibility index (Phi) is 5.07. The molecule has 0 heterocycles. The second-order valence-corrected chi connectivity index (χ2v) is 6.25. The van der Waals surface area contributed by atoms with Gasteiger partial charge in [0.05, 0.1) is 7.11 Å². The van der Waals surface area contributed by atoms with Gasteiger partial charge < -0.3 is 4.74 Å². The Bertz CT molecular complexity index is 809. The Hall–Kier alpha value is -2.32. The number of methoxy groups -OCH3 is 1. The summed E-state index contributed by atoms with van der Waals surface area (Å²) in [7, 11) is -3.30. The van der Waals surface area contributed by atoms with E-state index >= 15 is 0 Å². The molecule has 1 unspecified atom stereocenters. The van der Waals surface area contributed by atoms with E-state index in [4.69, 9.17) is 0 Å². The Morgan fingerprint density at radius 1 is 1.13 bits per heavy atom. The Morgan fingerprint density at radius 2 is 1.78 bits per heavy atom. The third-order valence-corrected chi connectivity index (χ3v) is 4.48. The fourth-order valence-electron chi connectivity index (χ4n) is 1.93. The van der Waals surface area contributed by atoms with Gasteiger partial charge in [0.25, 0.3) is 0 Å². The van der Waals surface area contributed by atoms with E-state index in [2.05, 4.69) is 9.46 Å². The summed E-state index contributed by atoms with van der Waals surface area (Å²) in [5, 5.41) is 0. The fourth-order valence-corrected chi connectivity index (χ4v) is 3.16. The highest BCUT2D eigenvalue weighted by Gasteiger charge is 2.29. The van der Waals surface area contributed by atoms with Gasteiger partial charge in [0.15, 0.2) is 0 Å². The molecule has 0 bridgehead atoms. The molecule has 23 heavy (non-hydrogen) atoms. The van der Waals surface area contributed by atoms with Crippen LogP contribution in [0.15, 0.2) is 53.4 Å². The molecule has 0 aliphatic carbocycles. The summed E-state index contributed by atoms with van der Waals surface area (Å²) in [5.41, 5.74) is 0.324. The largest absolute Gasteiger partial charge is 0.468 e. The molecule has 0 saturated heterocycles. The fraction of sp³-hybridized carbons (Fsp3) is 0.133. The zero-order chi connectivity index (χ0) is 17.0. The van der Waals surface area contributed by atoms with Crippen LogP contribution in [-0.2, 0) is 19.6 Å². The Labute approximate surface area is 132 Å². The number of ether oxygens (including phenoxy) is 1. The molecule has 0 fully saturated rings. The van der Waals surface area contributed by atoms with Crippen molar-refractivity contribution in [3.05, 3.63) is 65.7 Å². The van der Waals surface area contributed by atoms with Crippen LogP contribution in [0.5, 0.6) is 0 Å². The van der Waals surface area contributed by atoms with Gasteiger partial charge in [0.2, 0.25) is 10.0 Å². The van der Waals surface area contributed by atoms with Crippen molar-refractivity contribution >= 4 is 16.0 Å². The molecule has 122 valence electrons. The van der Waals surface area contributed by atoms with Crippen LogP contribution in [0.25, 0.3) is 0 Å². The minimum Gasteiger partial charge on any atom is -0.468 e. The second-order valence-electron chi connectivity index (χ2n) is 4.56. The molecule has 0 aromatic heterocycles. The first kappa shape index (κ1) is 17.0. The minimum atomic E-state index is -4.40. The number of hydrogen-bond acceptors (Lipinski definition) is 4. The number of esters is 1. The summed E-state index contributed by atoms with van der Waals surface area (Å²) in [6, 6.07) is 8.64. The van der Waals surface area contributed by atoms with Gasteiger partial charge in [-0.2, -0.15) is 4.72 Å². The molecule has 0 radical (unpaired) electrons. The third-order valence-electron chi connectivity index (χ3n) is 3.03. The van der Waals surface area contributed by atoms with E-state index in [1.807, 2.05) is 0 Å². The summed E-state index contributed by atoms with van der Waals surface area (Å²) >= 11 is 0. The van der Waals surface area contributed by atoms with Gasteiger partial charge in [0.1, 0.15) is 22.6 Å². The van der Waals surface area contributed by atoms with E-state index in [1.54, 1.807) is 18.2 Å². The third kappa shape index (κ3) is 3.91. The number of benzene rings is 2. The lowest BCUT2D eigenvalue weighted by atomic mass is 10.1. The summed E-state index contributed by atoms with van der Waals surface area (Å²) in [6.07, 6.45) is 0. The first-order valence-corrected chi connectivity index (χ1v) is 7.93. The van der Waals surface area contributed by atoms with E-state index in [1.165, 1.54) is 12.1 Å². The van der Waals surface area contributed by atoms with Gasteiger partial charge in [0, 0.05) is 6.07 Å². The Morgan fingerprint density at radius 3 is 2.35 bits per heavy atom. The van der Waals surface area contributed by atoms with E-state index in [9.17, 15) is 22.0 Å². The monoisotopic (exact) mass is 341 g/mol. The van der Waals surface area contributed by atoms with Crippen molar-refractivity contribution in [3.8, 4) is 0 Å². The molecular formula is C15H13F2NO4S. The van der Waals surface area contributed by atoms with Crippen molar-refractivity contribution in [1.29, 1.82) is 0 Å². The average Bonchev–Trinajstić information content (AvgIpc) is 2.52. The smallest absolute Gasteiger partial charge is 0.328 e. The SMILES string of the molecule is COC(=O)C(NS(=O)(=O)c1ccc(F)cc1F)c1ccccc1. The molecular weight excluding hydrogens is 328 g/mol. The molecule has 8 heteroatoms. The van der Waals surface area contributed by atoms with Gasteiger partial charge in [-0.3, -0.25) is 0 Å². The zero-order valence-electron chi connectivity index (χ0n) is 12.0. The summed E-state index contributed by atoms with van der Waals surface area (Å²) < 4.78 is 57.8. The first-order chi connectivity index (χ1) is 10.8. The van der Waals surface area contributed by atoms with Crippen molar-refractivity contribution in [1.82, 2.24) is 4.72 Å². The number of hydrogen-bond donors (Lipinski definition) is 1. The first-order valence-electron chi connectivity index (χ1n) is 6.45. The molecule has 2 aromatic rings. The molecule has 0 saturated carbocycles. The highest BCUT2D eigenvalue weighted by atomic mass is 32.2. The van der Waals surface area contributed by atoms with Crippen molar-refractivity contribution in [2.45, 2.75) is 10.9 Å². The van der Waals surface area contributed by atoms with Crippen LogP contribution in [0.1, 0.15) is 11.6 Å². The van der Waals surface area contributed by atoms with Crippen molar-refractivity contribution < 1.29 is 26.7 Å². The van der Waals surface area contributed by atoms with Crippen molar-refractivity contribution in [2.24, 2.45) is 0 Å². The van der Waals surface area contributed by atoms with Crippen LogP contribution < -0.4 is 4.72 Å². The number of carbonyl (C=O) groups excluding carboxylic acids is 1. The lowest BCUT2D eigenvalue weighted by Crippen LogP contribution is -2.35. The van der Waals surface area contributed by atoms with E-state index < -0.39 is 38.6 Å². The summed E-state index contributed by atoms with van der Waals surface area (Å²) in [4.78, 5) is 11.1. The normalized spacial score (nSPS) is 12.7. The van der Waals surface area contributed by atoms with Gasteiger partial charge in [-0.1, -0.05) is 30.3 Å². The van der Waals surface area contributed by atoms with Gasteiger partial charge >= 0.3 is 5.97 Å². The van der Waals surface area contributed by atoms with Crippen LogP contribution in [0.3, 0.4) is 0 Å². The number of carbonyl (C=O) groups is 1. The highest BCUT2D eigenvalue weighted by Crippen LogP contribution is 2.21. The lowest BCUT2D eigenvalue weighted by molar-refractivity contribution is -0.142. The quantitative estimate of drug-likeness (QED) is 0.846. The van der Waals surface area contributed by atoms with Crippen LogP contribution in [0.4, 0.5) is 8.78 Å². The maximum Gasteiger partial charge on any atom is 0.328 e. The number of nitrogens with one attached hydrogen (secondary N) is 1. The molecule has 1 atom stereocenters. The Balaban J connectivity index is 2.40. The molecule has 2 rings (SSSR count). The maximum atomic E-state index is 13.7. The average molecular weight is 341 g/mol. The molecule has 0 spiro atoms. The summed E-state index contributed by atoms with van der Waals surface area (Å²) in [6.45, 7) is 0. The lowest BCUT2D eigenvalue weighted by Gasteiger charge is -2.17. The number of halogens is 2. The van der Waals surface area contributed by atoms with E-state index in [0.717, 1.165) is 19.2 Å². The molecule has 5 nitrogen and oxygen atoms in total. The van der Waals surface area contributed by atoms with Gasteiger partial charge in [-0.05, 0) is 17.7 Å². The molecule has 0 aliphatic heterocycles. The second kappa shape index (κ2) is 6.84. The molecule has 2 aromatic carbocycles. The maximum absolute atomic E-state index is 13.7. The number of rotatable bonds is 5. The molecule has 1 N–H and O–H groups in total. The van der Waals surface area contributed by atoms with E-state index in [0.29, 0.717) is 11.6 Å².